The van der Waals surface area contributed by atoms with Gasteiger partial charge >= 0.3 is 0 Å². The molecule has 0 unspecified atom stereocenters. The first kappa shape index (κ1) is 10.6. The normalized spacial score (nSPS) is 11.5. The Morgan fingerprint density at radius 2 is 1.75 bits per heavy atom. The topological polar surface area (TPSA) is 18.5 Å². The molecule has 0 saturated carbocycles. The Hall–Kier alpha value is -1.96. The van der Waals surface area contributed by atoms with Crippen LogP contribution >= 0.6 is 0 Å². The van der Waals surface area contributed by atoms with Crippen molar-refractivity contribution in [2.45, 2.75) is 0 Å². The van der Waals surface area contributed by atoms with Crippen LogP contribution in [0.1, 0.15) is 5.56 Å². The van der Waals surface area contributed by atoms with Crippen molar-refractivity contribution in [3.63, 3.8) is 0 Å². The molecular formula is C14H14O2. The van der Waals surface area contributed by atoms with Crippen molar-refractivity contribution in [2.75, 3.05) is 14.2 Å². The molecule has 2 heteroatoms. The lowest BCUT2D eigenvalue weighted by atomic mass is 10.1. The number of fused-ring (bicyclic) bond motifs is 1. The molecule has 0 saturated heterocycles. The third kappa shape index (κ3) is 2.01. The quantitative estimate of drug-likeness (QED) is 0.729. The zero-order valence-electron chi connectivity index (χ0n) is 9.44. The SMILES string of the molecule is COC=C(OC)c1ccc2ccccc2c1. The van der Waals surface area contributed by atoms with Crippen molar-refractivity contribution in [2.24, 2.45) is 0 Å². The summed E-state index contributed by atoms with van der Waals surface area (Å²) < 4.78 is 10.2. The second-order valence-corrected chi connectivity index (χ2v) is 3.48. The molecule has 0 aromatic heterocycles. The summed E-state index contributed by atoms with van der Waals surface area (Å²) in [5.41, 5.74) is 1.02. The van der Waals surface area contributed by atoms with Crippen LogP contribution in [0.15, 0.2) is 48.7 Å². The highest BCUT2D eigenvalue weighted by Gasteiger charge is 2.02. The average molecular weight is 214 g/mol. The number of hydrogen-bond acceptors (Lipinski definition) is 2. The number of rotatable bonds is 3. The summed E-state index contributed by atoms with van der Waals surface area (Å²) in [5, 5.41) is 2.41. The van der Waals surface area contributed by atoms with Gasteiger partial charge in [0.15, 0.2) is 5.76 Å². The molecule has 2 nitrogen and oxygen atoms in total. The maximum absolute atomic E-state index is 5.26. The van der Waals surface area contributed by atoms with E-state index in [0.717, 1.165) is 11.3 Å². The Morgan fingerprint density at radius 3 is 2.44 bits per heavy atom. The number of methoxy groups -OCH3 is 2. The molecule has 82 valence electrons. The zero-order valence-corrected chi connectivity index (χ0v) is 9.44. The third-order valence-electron chi connectivity index (χ3n) is 2.48. The Labute approximate surface area is 95.1 Å². The second-order valence-electron chi connectivity index (χ2n) is 3.48. The molecular weight excluding hydrogens is 200 g/mol. The standard InChI is InChI=1S/C14H14O2/c1-15-10-14(16-2)13-8-7-11-5-3-4-6-12(11)9-13/h3-10H,1-2H3. The fourth-order valence-electron chi connectivity index (χ4n) is 1.68. The van der Waals surface area contributed by atoms with Gasteiger partial charge < -0.3 is 9.47 Å². The molecule has 0 N–H and O–H groups in total. The van der Waals surface area contributed by atoms with Gasteiger partial charge in [0.25, 0.3) is 0 Å². The van der Waals surface area contributed by atoms with Crippen molar-refractivity contribution >= 4 is 16.5 Å². The minimum atomic E-state index is 0.730. The van der Waals surface area contributed by atoms with E-state index in [1.807, 2.05) is 18.2 Å². The molecule has 0 atom stereocenters. The van der Waals surface area contributed by atoms with Crippen molar-refractivity contribution in [3.05, 3.63) is 54.3 Å². The van der Waals surface area contributed by atoms with Gasteiger partial charge in [0.1, 0.15) is 6.26 Å². The van der Waals surface area contributed by atoms with Gasteiger partial charge in [0.05, 0.1) is 14.2 Å². The van der Waals surface area contributed by atoms with E-state index >= 15 is 0 Å². The van der Waals surface area contributed by atoms with E-state index < -0.39 is 0 Å². The third-order valence-corrected chi connectivity index (χ3v) is 2.48. The predicted octanol–water partition coefficient (Wildman–Crippen LogP) is 3.43. The van der Waals surface area contributed by atoms with Crippen LogP contribution in [0.2, 0.25) is 0 Å². The molecule has 2 rings (SSSR count). The first-order chi connectivity index (χ1) is 7.85. The van der Waals surface area contributed by atoms with Gasteiger partial charge in [-0.05, 0) is 16.8 Å². The maximum atomic E-state index is 5.26. The lowest BCUT2D eigenvalue weighted by molar-refractivity contribution is 0.304. The molecule has 0 aliphatic carbocycles. The summed E-state index contributed by atoms with van der Waals surface area (Å²) in [6, 6.07) is 14.4. The summed E-state index contributed by atoms with van der Waals surface area (Å²) in [4.78, 5) is 0. The minimum Gasteiger partial charge on any atom is -0.500 e. The molecule has 0 fully saturated rings. The lowest BCUT2D eigenvalue weighted by Gasteiger charge is -2.07. The minimum absolute atomic E-state index is 0.730. The van der Waals surface area contributed by atoms with Gasteiger partial charge in [-0.2, -0.15) is 0 Å². The highest BCUT2D eigenvalue weighted by atomic mass is 16.5. The number of hydrogen-bond donors (Lipinski definition) is 0. The molecule has 0 radical (unpaired) electrons. The van der Waals surface area contributed by atoms with Gasteiger partial charge in [-0.15, -0.1) is 0 Å². The highest BCUT2D eigenvalue weighted by molar-refractivity contribution is 5.85. The summed E-state index contributed by atoms with van der Waals surface area (Å²) in [5.74, 6) is 0.730. The van der Waals surface area contributed by atoms with E-state index in [4.69, 9.17) is 9.47 Å². The Balaban J connectivity index is 2.50. The number of benzene rings is 2. The molecule has 2 aromatic rings. The first-order valence-electron chi connectivity index (χ1n) is 5.11. The molecule has 0 spiro atoms. The summed E-state index contributed by atoms with van der Waals surface area (Å²) >= 11 is 0. The smallest absolute Gasteiger partial charge is 0.160 e. The van der Waals surface area contributed by atoms with E-state index in [0.29, 0.717) is 0 Å². The van der Waals surface area contributed by atoms with Crippen LogP contribution in [-0.2, 0) is 9.47 Å². The van der Waals surface area contributed by atoms with Crippen LogP contribution in [0.5, 0.6) is 0 Å². The summed E-state index contributed by atoms with van der Waals surface area (Å²) in [6.07, 6.45) is 1.60. The zero-order chi connectivity index (χ0) is 11.4. The first-order valence-corrected chi connectivity index (χ1v) is 5.11. The Bertz CT molecular complexity index is 515. The van der Waals surface area contributed by atoms with Gasteiger partial charge in [-0.1, -0.05) is 36.4 Å². The van der Waals surface area contributed by atoms with Crippen LogP contribution in [0.4, 0.5) is 0 Å². The Kier molecular flexibility index (Phi) is 3.10. The van der Waals surface area contributed by atoms with Crippen LogP contribution < -0.4 is 0 Å². The van der Waals surface area contributed by atoms with E-state index in [-0.39, 0.29) is 0 Å². The molecule has 0 bridgehead atoms. The molecule has 0 aliphatic heterocycles. The monoisotopic (exact) mass is 214 g/mol. The molecule has 0 aliphatic rings. The summed E-state index contributed by atoms with van der Waals surface area (Å²) in [7, 11) is 3.25. The van der Waals surface area contributed by atoms with Crippen LogP contribution in [0.3, 0.4) is 0 Å². The highest BCUT2D eigenvalue weighted by Crippen LogP contribution is 2.21. The van der Waals surface area contributed by atoms with E-state index in [2.05, 4.69) is 24.3 Å². The van der Waals surface area contributed by atoms with E-state index in [9.17, 15) is 0 Å². The van der Waals surface area contributed by atoms with Crippen molar-refractivity contribution in [1.29, 1.82) is 0 Å². The molecule has 0 heterocycles. The maximum Gasteiger partial charge on any atom is 0.160 e. The Morgan fingerprint density at radius 1 is 1.00 bits per heavy atom. The molecule has 0 amide bonds. The van der Waals surface area contributed by atoms with Crippen LogP contribution in [0.25, 0.3) is 16.5 Å². The van der Waals surface area contributed by atoms with Gasteiger partial charge in [0.2, 0.25) is 0 Å². The van der Waals surface area contributed by atoms with Crippen molar-refractivity contribution < 1.29 is 9.47 Å². The van der Waals surface area contributed by atoms with E-state index in [1.54, 1.807) is 20.5 Å². The fraction of sp³-hybridized carbons (Fsp3) is 0.143. The van der Waals surface area contributed by atoms with Gasteiger partial charge in [-0.25, -0.2) is 0 Å². The lowest BCUT2D eigenvalue weighted by Crippen LogP contribution is -1.88. The largest absolute Gasteiger partial charge is 0.500 e. The summed E-state index contributed by atoms with van der Waals surface area (Å²) in [6.45, 7) is 0. The van der Waals surface area contributed by atoms with Crippen molar-refractivity contribution in [3.8, 4) is 0 Å². The second kappa shape index (κ2) is 4.71. The van der Waals surface area contributed by atoms with Gasteiger partial charge in [-0.3, -0.25) is 0 Å². The fourth-order valence-corrected chi connectivity index (χ4v) is 1.68. The predicted molar refractivity (Wildman–Crippen MR) is 65.9 cm³/mol. The number of ether oxygens (including phenoxy) is 2. The van der Waals surface area contributed by atoms with Crippen molar-refractivity contribution in [1.82, 2.24) is 0 Å². The van der Waals surface area contributed by atoms with Crippen LogP contribution in [-0.4, -0.2) is 14.2 Å². The molecule has 2 aromatic carbocycles. The average Bonchev–Trinajstić information content (AvgIpc) is 2.35. The molecule has 16 heavy (non-hydrogen) atoms. The van der Waals surface area contributed by atoms with Gasteiger partial charge in [0, 0.05) is 5.56 Å². The van der Waals surface area contributed by atoms with Crippen LogP contribution in [0, 0.1) is 0 Å². The van der Waals surface area contributed by atoms with E-state index in [1.165, 1.54) is 10.8 Å².